The Bertz CT molecular complexity index is 552. The number of rotatable bonds is 8. The molecule has 0 spiro atoms. The smallest absolute Gasteiger partial charge is 0.191 e. The first-order valence-electron chi connectivity index (χ1n) is 9.02. The lowest BCUT2D eigenvalue weighted by Crippen LogP contribution is -2.47. The number of thioether (sulfide) groups is 1. The van der Waals surface area contributed by atoms with Gasteiger partial charge in [0, 0.05) is 41.9 Å². The third kappa shape index (κ3) is 4.90. The molecule has 0 heterocycles. The Labute approximate surface area is 150 Å². The summed E-state index contributed by atoms with van der Waals surface area (Å²) in [5.41, 5.74) is 0. The maximum Gasteiger partial charge on any atom is 0.191 e. The molecule has 0 bridgehead atoms. The summed E-state index contributed by atoms with van der Waals surface area (Å²) < 4.78 is 0.343. The highest BCUT2D eigenvalue weighted by Crippen LogP contribution is 2.51. The van der Waals surface area contributed by atoms with E-state index in [4.69, 9.17) is 0 Å². The fraction of sp³-hybridized carbons (Fsp3) is 0.632. The van der Waals surface area contributed by atoms with Crippen molar-refractivity contribution in [1.82, 2.24) is 15.5 Å². The number of nitrogens with zero attached hydrogens (tertiary/aromatic N) is 2. The first-order valence-corrected chi connectivity index (χ1v) is 9.84. The summed E-state index contributed by atoms with van der Waals surface area (Å²) >= 11 is 2.00. The van der Waals surface area contributed by atoms with Crippen LogP contribution < -0.4 is 10.6 Å². The number of benzene rings is 1. The first-order chi connectivity index (χ1) is 11.6. The molecular formula is C19H30N4S. The average Bonchev–Trinajstić information content (AvgIpc) is 3.51. The van der Waals surface area contributed by atoms with Crippen molar-refractivity contribution in [2.75, 3.05) is 27.2 Å². The quantitative estimate of drug-likeness (QED) is 0.561. The van der Waals surface area contributed by atoms with E-state index in [-0.39, 0.29) is 0 Å². The molecule has 1 aromatic rings. The van der Waals surface area contributed by atoms with Crippen LogP contribution in [0.5, 0.6) is 0 Å². The summed E-state index contributed by atoms with van der Waals surface area (Å²) in [6.07, 6.45) is 5.26. The molecule has 0 saturated heterocycles. The van der Waals surface area contributed by atoms with Crippen LogP contribution in [0.1, 0.15) is 32.6 Å². The molecule has 2 saturated carbocycles. The van der Waals surface area contributed by atoms with Crippen molar-refractivity contribution in [3.63, 3.8) is 0 Å². The predicted octanol–water partition coefficient (Wildman–Crippen LogP) is 2.96. The number of hydrogen-bond acceptors (Lipinski definition) is 3. The van der Waals surface area contributed by atoms with Gasteiger partial charge in [0.2, 0.25) is 0 Å². The lowest BCUT2D eigenvalue weighted by molar-refractivity contribution is 0.247. The van der Waals surface area contributed by atoms with Crippen LogP contribution in [0.3, 0.4) is 0 Å². The molecular weight excluding hydrogens is 316 g/mol. The van der Waals surface area contributed by atoms with Crippen molar-refractivity contribution < 1.29 is 0 Å². The Morgan fingerprint density at radius 2 is 2.00 bits per heavy atom. The van der Waals surface area contributed by atoms with Gasteiger partial charge >= 0.3 is 0 Å². The van der Waals surface area contributed by atoms with Gasteiger partial charge in [-0.05, 0) is 51.8 Å². The van der Waals surface area contributed by atoms with Gasteiger partial charge in [0.05, 0.1) is 0 Å². The van der Waals surface area contributed by atoms with Gasteiger partial charge in [-0.25, -0.2) is 0 Å². The summed E-state index contributed by atoms with van der Waals surface area (Å²) in [7, 11) is 4.09. The molecule has 0 amide bonds. The Morgan fingerprint density at radius 1 is 1.29 bits per heavy atom. The van der Waals surface area contributed by atoms with Gasteiger partial charge in [0.15, 0.2) is 5.96 Å². The van der Waals surface area contributed by atoms with Gasteiger partial charge in [0.1, 0.15) is 0 Å². The van der Waals surface area contributed by atoms with Gasteiger partial charge in [-0.3, -0.25) is 9.89 Å². The van der Waals surface area contributed by atoms with Crippen molar-refractivity contribution in [1.29, 1.82) is 0 Å². The summed E-state index contributed by atoms with van der Waals surface area (Å²) in [4.78, 5) is 8.23. The highest BCUT2D eigenvalue weighted by atomic mass is 32.2. The first kappa shape index (κ1) is 17.6. The number of aliphatic imine (C=N–C) groups is 1. The van der Waals surface area contributed by atoms with E-state index in [0.717, 1.165) is 25.1 Å². The number of hydrogen-bond donors (Lipinski definition) is 2. The summed E-state index contributed by atoms with van der Waals surface area (Å²) in [5, 5.41) is 7.02. The Kier molecular flexibility index (Phi) is 5.72. The second kappa shape index (κ2) is 7.79. The van der Waals surface area contributed by atoms with Crippen molar-refractivity contribution in [2.24, 2.45) is 4.99 Å². The van der Waals surface area contributed by atoms with Gasteiger partial charge in [-0.1, -0.05) is 18.2 Å². The van der Waals surface area contributed by atoms with Crippen LogP contribution in [0, 0.1) is 0 Å². The minimum Gasteiger partial charge on any atom is -0.355 e. The summed E-state index contributed by atoms with van der Waals surface area (Å²) in [5.74, 6) is 0.922. The standard InChI is InChI=1S/C19H30N4S/c1-15(23(3)16-9-10-16)13-21-18(20-2)22-14-19(11-12-19)24-17-7-5-4-6-8-17/h4-8,15-16H,9-14H2,1-3H3,(H2,20,21,22). The van der Waals surface area contributed by atoms with Crippen molar-refractivity contribution in [3.05, 3.63) is 30.3 Å². The zero-order valence-corrected chi connectivity index (χ0v) is 15.9. The van der Waals surface area contributed by atoms with E-state index in [1.54, 1.807) is 0 Å². The molecule has 24 heavy (non-hydrogen) atoms. The third-order valence-corrected chi connectivity index (χ3v) is 6.56. The normalized spacial score (nSPS) is 20.8. The Morgan fingerprint density at radius 3 is 2.58 bits per heavy atom. The second-order valence-corrected chi connectivity index (χ2v) is 8.69. The molecule has 2 fully saturated rings. The molecule has 3 rings (SSSR count). The van der Waals surface area contributed by atoms with Crippen molar-refractivity contribution in [3.8, 4) is 0 Å². The number of likely N-dealkylation sites (N-methyl/N-ethyl adjacent to an activating group) is 1. The Balaban J connectivity index is 1.42. The minimum atomic E-state index is 0.343. The molecule has 1 aromatic carbocycles. The van der Waals surface area contributed by atoms with Gasteiger partial charge < -0.3 is 10.6 Å². The largest absolute Gasteiger partial charge is 0.355 e. The van der Waals surface area contributed by atoms with E-state index >= 15 is 0 Å². The van der Waals surface area contributed by atoms with Crippen LogP contribution >= 0.6 is 11.8 Å². The van der Waals surface area contributed by atoms with Gasteiger partial charge in [-0.15, -0.1) is 11.8 Å². The molecule has 0 aromatic heterocycles. The fourth-order valence-electron chi connectivity index (χ4n) is 2.89. The highest BCUT2D eigenvalue weighted by Gasteiger charge is 2.43. The lowest BCUT2D eigenvalue weighted by atomic mass is 10.3. The summed E-state index contributed by atoms with van der Waals surface area (Å²) in [6, 6.07) is 12.0. The van der Waals surface area contributed by atoms with Crippen LogP contribution in [0.25, 0.3) is 0 Å². The van der Waals surface area contributed by atoms with Crippen LogP contribution in [-0.2, 0) is 0 Å². The van der Waals surface area contributed by atoms with E-state index in [1.165, 1.54) is 30.6 Å². The maximum atomic E-state index is 4.38. The van der Waals surface area contributed by atoms with Gasteiger partial charge in [-0.2, -0.15) is 0 Å². The molecule has 1 unspecified atom stereocenters. The molecule has 5 heteroatoms. The third-order valence-electron chi connectivity index (χ3n) is 5.07. The molecule has 0 radical (unpaired) electrons. The molecule has 1 atom stereocenters. The van der Waals surface area contributed by atoms with Crippen molar-refractivity contribution in [2.45, 2.75) is 54.3 Å². The average molecular weight is 347 g/mol. The molecule has 2 N–H and O–H groups in total. The van der Waals surface area contributed by atoms with Crippen LogP contribution in [0.15, 0.2) is 40.2 Å². The van der Waals surface area contributed by atoms with E-state index in [0.29, 0.717) is 10.8 Å². The molecule has 0 aliphatic heterocycles. The highest BCUT2D eigenvalue weighted by molar-refractivity contribution is 8.01. The van der Waals surface area contributed by atoms with E-state index in [1.807, 2.05) is 18.8 Å². The SMILES string of the molecule is CN=C(NCC(C)N(C)C1CC1)NCC1(Sc2ccccc2)CC1. The molecule has 4 nitrogen and oxygen atoms in total. The van der Waals surface area contributed by atoms with Crippen LogP contribution in [0.2, 0.25) is 0 Å². The summed E-state index contributed by atoms with van der Waals surface area (Å²) in [6.45, 7) is 4.19. The molecule has 2 aliphatic carbocycles. The molecule has 132 valence electrons. The van der Waals surface area contributed by atoms with E-state index < -0.39 is 0 Å². The van der Waals surface area contributed by atoms with E-state index in [9.17, 15) is 0 Å². The zero-order chi connectivity index (χ0) is 17.0. The van der Waals surface area contributed by atoms with Crippen LogP contribution in [0.4, 0.5) is 0 Å². The Hall–Kier alpha value is -1.20. The maximum absolute atomic E-state index is 4.38. The number of guanidine groups is 1. The fourth-order valence-corrected chi connectivity index (χ4v) is 4.13. The monoisotopic (exact) mass is 346 g/mol. The lowest BCUT2D eigenvalue weighted by Gasteiger charge is -2.26. The van der Waals surface area contributed by atoms with Crippen LogP contribution in [-0.4, -0.2) is 54.9 Å². The second-order valence-electron chi connectivity index (χ2n) is 7.15. The number of nitrogens with one attached hydrogen (secondary N) is 2. The topological polar surface area (TPSA) is 39.7 Å². The van der Waals surface area contributed by atoms with Crippen molar-refractivity contribution >= 4 is 17.7 Å². The minimum absolute atomic E-state index is 0.343. The predicted molar refractivity (Wildman–Crippen MR) is 104 cm³/mol. The van der Waals surface area contributed by atoms with E-state index in [2.05, 4.69) is 64.8 Å². The van der Waals surface area contributed by atoms with Gasteiger partial charge in [0.25, 0.3) is 0 Å². The zero-order valence-electron chi connectivity index (χ0n) is 15.1. The molecule has 2 aliphatic rings.